The average molecular weight is 419 g/mol. The molecule has 0 aliphatic rings. The summed E-state index contributed by atoms with van der Waals surface area (Å²) in [6, 6.07) is 7.50. The van der Waals surface area contributed by atoms with E-state index in [9.17, 15) is 9.59 Å². The van der Waals surface area contributed by atoms with E-state index < -0.39 is 11.9 Å². The zero-order chi connectivity index (χ0) is 20.1. The Kier molecular flexibility index (Phi) is 6.23. The molecule has 10 heteroatoms. The summed E-state index contributed by atoms with van der Waals surface area (Å²) < 4.78 is 1.43. The minimum atomic E-state index is -0.625. The highest BCUT2D eigenvalue weighted by Crippen LogP contribution is 2.21. The van der Waals surface area contributed by atoms with Gasteiger partial charge in [0.15, 0.2) is 16.0 Å². The molecule has 3 aromatic rings. The predicted molar refractivity (Wildman–Crippen MR) is 107 cm³/mol. The van der Waals surface area contributed by atoms with Crippen LogP contribution in [-0.2, 0) is 4.79 Å². The summed E-state index contributed by atoms with van der Waals surface area (Å²) in [5.41, 5.74) is 0.925. The SMILES string of the molecule is CC[C@@H](C(=O)Nc1cccnc1Cl)n1ccc(C(=O)Nc2cccnc2Cl)n1. The Morgan fingerprint density at radius 3 is 2.21 bits per heavy atom. The number of hydrogen-bond acceptors (Lipinski definition) is 5. The third-order valence-corrected chi connectivity index (χ3v) is 4.48. The van der Waals surface area contributed by atoms with Crippen LogP contribution >= 0.6 is 23.2 Å². The lowest BCUT2D eigenvalue weighted by Crippen LogP contribution is -2.26. The summed E-state index contributed by atoms with van der Waals surface area (Å²) in [6.07, 6.45) is 5.08. The molecule has 0 saturated heterocycles. The molecule has 0 aromatic carbocycles. The molecule has 0 spiro atoms. The molecule has 1 atom stereocenters. The molecule has 0 fully saturated rings. The molecule has 0 aliphatic heterocycles. The molecule has 144 valence electrons. The van der Waals surface area contributed by atoms with E-state index >= 15 is 0 Å². The van der Waals surface area contributed by atoms with E-state index in [1.54, 1.807) is 30.5 Å². The highest BCUT2D eigenvalue weighted by molar-refractivity contribution is 6.33. The second-order valence-corrected chi connectivity index (χ2v) is 6.45. The van der Waals surface area contributed by atoms with Gasteiger partial charge in [-0.3, -0.25) is 14.3 Å². The number of amides is 2. The summed E-state index contributed by atoms with van der Waals surface area (Å²) in [4.78, 5) is 32.8. The zero-order valence-corrected chi connectivity index (χ0v) is 16.3. The summed E-state index contributed by atoms with van der Waals surface area (Å²) in [5.74, 6) is -0.776. The van der Waals surface area contributed by atoms with Crippen LogP contribution in [-0.4, -0.2) is 31.6 Å². The maximum Gasteiger partial charge on any atom is 0.276 e. The summed E-state index contributed by atoms with van der Waals surface area (Å²) in [5, 5.41) is 9.96. The van der Waals surface area contributed by atoms with E-state index in [2.05, 4.69) is 25.7 Å². The number of carbonyl (C=O) groups excluding carboxylic acids is 2. The molecule has 2 N–H and O–H groups in total. The van der Waals surface area contributed by atoms with Crippen LogP contribution in [0.2, 0.25) is 10.3 Å². The first-order chi connectivity index (χ1) is 13.5. The molecule has 0 aliphatic carbocycles. The second-order valence-electron chi connectivity index (χ2n) is 5.73. The van der Waals surface area contributed by atoms with E-state index in [1.165, 1.54) is 23.1 Å². The highest BCUT2D eigenvalue weighted by Gasteiger charge is 2.22. The highest BCUT2D eigenvalue weighted by atomic mass is 35.5. The van der Waals surface area contributed by atoms with Crippen molar-refractivity contribution in [2.45, 2.75) is 19.4 Å². The van der Waals surface area contributed by atoms with Gasteiger partial charge < -0.3 is 10.6 Å². The minimum absolute atomic E-state index is 0.144. The maximum atomic E-state index is 12.6. The monoisotopic (exact) mass is 418 g/mol. The van der Waals surface area contributed by atoms with Crippen LogP contribution in [0.4, 0.5) is 11.4 Å². The lowest BCUT2D eigenvalue weighted by atomic mass is 10.2. The Labute approximate surface area is 170 Å². The smallest absolute Gasteiger partial charge is 0.276 e. The van der Waals surface area contributed by atoms with Crippen molar-refractivity contribution in [1.29, 1.82) is 0 Å². The Balaban J connectivity index is 1.73. The molecule has 3 rings (SSSR count). The van der Waals surface area contributed by atoms with Gasteiger partial charge in [-0.15, -0.1) is 0 Å². The van der Waals surface area contributed by atoms with Gasteiger partial charge >= 0.3 is 0 Å². The molecular weight excluding hydrogens is 403 g/mol. The number of aromatic nitrogens is 4. The van der Waals surface area contributed by atoms with Gasteiger partial charge in [-0.05, 0) is 36.8 Å². The van der Waals surface area contributed by atoms with Crippen LogP contribution in [0.25, 0.3) is 0 Å². The fraction of sp³-hybridized carbons (Fsp3) is 0.167. The fourth-order valence-electron chi connectivity index (χ4n) is 2.49. The first-order valence-electron chi connectivity index (χ1n) is 8.38. The van der Waals surface area contributed by atoms with E-state index in [0.717, 1.165) is 0 Å². The van der Waals surface area contributed by atoms with Crippen LogP contribution in [0.1, 0.15) is 29.9 Å². The predicted octanol–water partition coefficient (Wildman–Crippen LogP) is 3.82. The van der Waals surface area contributed by atoms with E-state index in [1.807, 2.05) is 6.92 Å². The number of nitrogens with one attached hydrogen (secondary N) is 2. The lowest BCUT2D eigenvalue weighted by Gasteiger charge is -2.16. The third-order valence-electron chi connectivity index (χ3n) is 3.87. The van der Waals surface area contributed by atoms with Crippen LogP contribution < -0.4 is 10.6 Å². The first kappa shape index (κ1) is 19.8. The van der Waals surface area contributed by atoms with Crippen molar-refractivity contribution in [1.82, 2.24) is 19.7 Å². The van der Waals surface area contributed by atoms with Crippen molar-refractivity contribution in [3.8, 4) is 0 Å². The Hall–Kier alpha value is -2.97. The van der Waals surface area contributed by atoms with E-state index in [0.29, 0.717) is 17.8 Å². The number of anilines is 2. The van der Waals surface area contributed by atoms with Crippen LogP contribution in [0, 0.1) is 0 Å². The van der Waals surface area contributed by atoms with Crippen molar-refractivity contribution >= 4 is 46.4 Å². The summed E-state index contributed by atoms with van der Waals surface area (Å²) in [6.45, 7) is 1.84. The third kappa shape index (κ3) is 4.47. The van der Waals surface area contributed by atoms with Gasteiger partial charge in [0, 0.05) is 18.6 Å². The number of hydrogen-bond donors (Lipinski definition) is 2. The molecule has 0 bridgehead atoms. The van der Waals surface area contributed by atoms with Gasteiger partial charge in [0.05, 0.1) is 11.4 Å². The van der Waals surface area contributed by atoms with Gasteiger partial charge in [0.25, 0.3) is 5.91 Å². The summed E-state index contributed by atoms with van der Waals surface area (Å²) >= 11 is 11.9. The van der Waals surface area contributed by atoms with Gasteiger partial charge in [0.2, 0.25) is 5.91 Å². The standard InChI is InChI=1S/C18H16Cl2N6O2/c1-2-14(18(28)24-12-6-4-9-22-16(12)20)26-10-7-13(25-26)17(27)23-11-5-3-8-21-15(11)19/h3-10,14H,2H2,1H3,(H,23,27)(H,24,28)/t14-/m0/s1. The molecular formula is C18H16Cl2N6O2. The van der Waals surface area contributed by atoms with Gasteiger partial charge in [-0.25, -0.2) is 9.97 Å². The molecule has 0 saturated carbocycles. The number of nitrogens with zero attached hydrogens (tertiary/aromatic N) is 4. The Bertz CT molecular complexity index is 1010. The number of carbonyl (C=O) groups is 2. The lowest BCUT2D eigenvalue weighted by molar-refractivity contribution is -0.119. The topological polar surface area (TPSA) is 102 Å². The molecule has 0 radical (unpaired) electrons. The van der Waals surface area contributed by atoms with E-state index in [-0.39, 0.29) is 21.9 Å². The fourth-order valence-corrected chi connectivity index (χ4v) is 2.82. The van der Waals surface area contributed by atoms with Crippen molar-refractivity contribution in [3.63, 3.8) is 0 Å². The molecule has 28 heavy (non-hydrogen) atoms. The number of halogens is 2. The molecule has 0 unspecified atom stereocenters. The van der Waals surface area contributed by atoms with Gasteiger partial charge in [-0.1, -0.05) is 30.1 Å². The summed E-state index contributed by atoms with van der Waals surface area (Å²) in [7, 11) is 0. The number of pyridine rings is 2. The molecule has 3 aromatic heterocycles. The minimum Gasteiger partial charge on any atom is -0.322 e. The number of rotatable bonds is 6. The van der Waals surface area contributed by atoms with Crippen molar-refractivity contribution < 1.29 is 9.59 Å². The molecule has 3 heterocycles. The first-order valence-corrected chi connectivity index (χ1v) is 9.13. The van der Waals surface area contributed by atoms with Gasteiger partial charge in [-0.2, -0.15) is 5.10 Å². The average Bonchev–Trinajstić information content (AvgIpc) is 3.16. The van der Waals surface area contributed by atoms with Crippen molar-refractivity contribution in [3.05, 3.63) is 64.9 Å². The van der Waals surface area contributed by atoms with Crippen molar-refractivity contribution in [2.75, 3.05) is 10.6 Å². The van der Waals surface area contributed by atoms with Crippen LogP contribution in [0.15, 0.2) is 48.9 Å². The normalized spacial score (nSPS) is 11.7. The Morgan fingerprint density at radius 2 is 1.64 bits per heavy atom. The van der Waals surface area contributed by atoms with Crippen molar-refractivity contribution in [2.24, 2.45) is 0 Å². The quantitative estimate of drug-likeness (QED) is 0.592. The van der Waals surface area contributed by atoms with Crippen LogP contribution in [0.5, 0.6) is 0 Å². The Morgan fingerprint density at radius 1 is 1.04 bits per heavy atom. The second kappa shape index (κ2) is 8.81. The molecule has 8 nitrogen and oxygen atoms in total. The molecule has 2 amide bonds. The zero-order valence-electron chi connectivity index (χ0n) is 14.8. The van der Waals surface area contributed by atoms with Crippen LogP contribution in [0.3, 0.4) is 0 Å². The largest absolute Gasteiger partial charge is 0.322 e. The van der Waals surface area contributed by atoms with E-state index in [4.69, 9.17) is 23.2 Å². The maximum absolute atomic E-state index is 12.6. The van der Waals surface area contributed by atoms with Gasteiger partial charge in [0.1, 0.15) is 6.04 Å².